The second-order valence-electron chi connectivity index (χ2n) is 6.62. The number of hydrogen-bond acceptors (Lipinski definition) is 3. The Hall–Kier alpha value is -2.32. The first-order valence-corrected chi connectivity index (χ1v) is 10.6. The summed E-state index contributed by atoms with van der Waals surface area (Å²) in [6, 6.07) is 12.2. The molecule has 0 unspecified atom stereocenters. The zero-order valence-corrected chi connectivity index (χ0v) is 16.9. The average molecular weight is 449 g/mol. The third kappa shape index (κ3) is 2.93. The van der Waals surface area contributed by atoms with E-state index in [0.717, 1.165) is 21.0 Å². The Morgan fingerprint density at radius 2 is 1.85 bits per heavy atom. The fourth-order valence-electron chi connectivity index (χ4n) is 3.54. The number of hydrogen-bond donors (Lipinski definition) is 1. The van der Waals surface area contributed by atoms with E-state index >= 15 is 0 Å². The van der Waals surface area contributed by atoms with Crippen LogP contribution in [0.2, 0.25) is 0 Å². The van der Waals surface area contributed by atoms with Crippen LogP contribution in [0.1, 0.15) is 16.8 Å². The first-order chi connectivity index (χ1) is 12.8. The first-order valence-electron chi connectivity index (χ1n) is 8.41. The van der Waals surface area contributed by atoms with Crippen molar-refractivity contribution in [1.29, 1.82) is 0 Å². The molecule has 0 spiro atoms. The lowest BCUT2D eigenvalue weighted by Crippen LogP contribution is -2.35. The molecule has 27 heavy (non-hydrogen) atoms. The van der Waals surface area contributed by atoms with Crippen molar-refractivity contribution in [2.45, 2.75) is 24.8 Å². The lowest BCUT2D eigenvalue weighted by atomic mass is 10.1. The highest BCUT2D eigenvalue weighted by atomic mass is 79.9. The Morgan fingerprint density at radius 1 is 1.15 bits per heavy atom. The molecule has 140 valence electrons. The van der Waals surface area contributed by atoms with Gasteiger partial charge in [0.05, 0.1) is 17.0 Å². The molecule has 0 bridgehead atoms. The van der Waals surface area contributed by atoms with E-state index < -0.39 is 16.1 Å². The standard InChI is InChI=1S/C19H17BrN2O4S/c1-12-2-5-14(6-3-12)27(25,26)22-17-8-9-21(19(23)24)11-16(17)15-7-4-13(20)10-18(15)22/h2-7,10H,8-9,11H2,1H3,(H,23,24). The van der Waals surface area contributed by atoms with Crippen LogP contribution in [0.3, 0.4) is 0 Å². The fourth-order valence-corrected chi connectivity index (χ4v) is 5.49. The lowest BCUT2D eigenvalue weighted by Gasteiger charge is -2.25. The van der Waals surface area contributed by atoms with E-state index in [9.17, 15) is 18.3 Å². The molecule has 4 rings (SSSR count). The Labute approximate surface area is 165 Å². The second kappa shape index (κ2) is 6.38. The van der Waals surface area contributed by atoms with Crippen molar-refractivity contribution >= 4 is 42.9 Å². The van der Waals surface area contributed by atoms with Crippen LogP contribution < -0.4 is 0 Å². The summed E-state index contributed by atoms with van der Waals surface area (Å²) in [5.74, 6) is 0. The van der Waals surface area contributed by atoms with E-state index in [-0.39, 0.29) is 18.0 Å². The summed E-state index contributed by atoms with van der Waals surface area (Å²) in [4.78, 5) is 12.9. The maximum atomic E-state index is 13.4. The van der Waals surface area contributed by atoms with Gasteiger partial charge in [0.1, 0.15) is 0 Å². The highest BCUT2D eigenvalue weighted by Gasteiger charge is 2.31. The minimum absolute atomic E-state index is 0.180. The summed E-state index contributed by atoms with van der Waals surface area (Å²) in [5, 5.41) is 10.1. The zero-order chi connectivity index (χ0) is 19.3. The van der Waals surface area contributed by atoms with Gasteiger partial charge in [0.2, 0.25) is 0 Å². The predicted molar refractivity (Wildman–Crippen MR) is 106 cm³/mol. The molecule has 0 aliphatic carbocycles. The van der Waals surface area contributed by atoms with Gasteiger partial charge in [0, 0.05) is 34.1 Å². The molecule has 8 heteroatoms. The van der Waals surface area contributed by atoms with Crippen LogP contribution in [-0.4, -0.2) is 35.0 Å². The third-order valence-electron chi connectivity index (χ3n) is 4.89. The van der Waals surface area contributed by atoms with Crippen molar-refractivity contribution in [1.82, 2.24) is 8.87 Å². The number of aryl methyl sites for hydroxylation is 1. The maximum absolute atomic E-state index is 13.4. The molecular formula is C19H17BrN2O4S. The SMILES string of the molecule is Cc1ccc(S(=O)(=O)n2c3c(c4ccc(Br)cc42)CN(C(=O)O)CC3)cc1. The summed E-state index contributed by atoms with van der Waals surface area (Å²) < 4.78 is 29.0. The van der Waals surface area contributed by atoms with Crippen LogP contribution in [0.25, 0.3) is 10.9 Å². The van der Waals surface area contributed by atoms with Gasteiger partial charge in [0.15, 0.2) is 0 Å². The predicted octanol–water partition coefficient (Wildman–Crippen LogP) is 3.99. The first kappa shape index (κ1) is 18.1. The van der Waals surface area contributed by atoms with Crippen molar-refractivity contribution in [2.75, 3.05) is 6.54 Å². The van der Waals surface area contributed by atoms with E-state index in [4.69, 9.17) is 0 Å². The van der Waals surface area contributed by atoms with Crippen molar-refractivity contribution in [3.05, 3.63) is 63.8 Å². The van der Waals surface area contributed by atoms with Crippen molar-refractivity contribution in [3.63, 3.8) is 0 Å². The number of benzene rings is 2. The van der Waals surface area contributed by atoms with Crippen LogP contribution in [-0.2, 0) is 23.0 Å². The van der Waals surface area contributed by atoms with Gasteiger partial charge in [-0.05, 0) is 31.2 Å². The van der Waals surface area contributed by atoms with Gasteiger partial charge in [0.25, 0.3) is 10.0 Å². The molecular weight excluding hydrogens is 432 g/mol. The quantitative estimate of drug-likeness (QED) is 0.642. The van der Waals surface area contributed by atoms with Gasteiger partial charge in [-0.15, -0.1) is 0 Å². The van der Waals surface area contributed by atoms with Crippen LogP contribution in [0, 0.1) is 6.92 Å². The molecule has 0 saturated carbocycles. The number of carbonyl (C=O) groups is 1. The van der Waals surface area contributed by atoms with Gasteiger partial charge >= 0.3 is 6.09 Å². The van der Waals surface area contributed by atoms with E-state index in [2.05, 4.69) is 15.9 Å². The molecule has 6 nitrogen and oxygen atoms in total. The van der Waals surface area contributed by atoms with Crippen LogP contribution >= 0.6 is 15.9 Å². The number of rotatable bonds is 2. The molecule has 1 aliphatic rings. The Kier molecular flexibility index (Phi) is 4.27. The van der Waals surface area contributed by atoms with E-state index in [1.54, 1.807) is 30.3 Å². The average Bonchev–Trinajstić information content (AvgIpc) is 2.95. The molecule has 0 fully saturated rings. The molecule has 0 atom stereocenters. The Bertz CT molecular complexity index is 1170. The maximum Gasteiger partial charge on any atom is 0.407 e. The zero-order valence-electron chi connectivity index (χ0n) is 14.5. The fraction of sp³-hybridized carbons (Fsp3) is 0.211. The number of halogens is 1. The van der Waals surface area contributed by atoms with Crippen LogP contribution in [0.4, 0.5) is 4.79 Å². The number of carboxylic acid groups (broad SMARTS) is 1. The number of aromatic nitrogens is 1. The summed E-state index contributed by atoms with van der Waals surface area (Å²) in [7, 11) is -3.81. The topological polar surface area (TPSA) is 79.6 Å². The summed E-state index contributed by atoms with van der Waals surface area (Å²) in [6.45, 7) is 2.35. The van der Waals surface area contributed by atoms with Gasteiger partial charge in [-0.25, -0.2) is 17.2 Å². The molecule has 1 N–H and O–H groups in total. The number of nitrogens with zero attached hydrogens (tertiary/aromatic N) is 2. The van der Waals surface area contributed by atoms with Gasteiger partial charge in [-0.1, -0.05) is 39.7 Å². The number of fused-ring (bicyclic) bond motifs is 3. The van der Waals surface area contributed by atoms with Crippen LogP contribution in [0.15, 0.2) is 51.8 Å². The molecule has 1 amide bonds. The summed E-state index contributed by atoms with van der Waals surface area (Å²) >= 11 is 3.41. The molecule has 2 heterocycles. The number of amides is 1. The molecule has 0 saturated heterocycles. The van der Waals surface area contributed by atoms with Crippen molar-refractivity contribution < 1.29 is 18.3 Å². The van der Waals surface area contributed by atoms with Gasteiger partial charge < -0.3 is 10.0 Å². The summed E-state index contributed by atoms with van der Waals surface area (Å²) in [6.07, 6.45) is -0.654. The van der Waals surface area contributed by atoms with Crippen molar-refractivity contribution in [3.8, 4) is 0 Å². The minimum Gasteiger partial charge on any atom is -0.465 e. The lowest BCUT2D eigenvalue weighted by molar-refractivity contribution is 0.140. The van der Waals surface area contributed by atoms with Crippen LogP contribution in [0.5, 0.6) is 0 Å². The van der Waals surface area contributed by atoms with Gasteiger partial charge in [-0.3, -0.25) is 0 Å². The molecule has 1 aromatic heterocycles. The van der Waals surface area contributed by atoms with E-state index in [1.807, 2.05) is 19.1 Å². The van der Waals surface area contributed by atoms with E-state index in [0.29, 0.717) is 17.6 Å². The smallest absolute Gasteiger partial charge is 0.407 e. The molecule has 1 aliphatic heterocycles. The molecule has 2 aromatic carbocycles. The van der Waals surface area contributed by atoms with Gasteiger partial charge in [-0.2, -0.15) is 0 Å². The molecule has 3 aromatic rings. The largest absolute Gasteiger partial charge is 0.465 e. The highest BCUT2D eigenvalue weighted by Crippen LogP contribution is 2.35. The molecule has 0 radical (unpaired) electrons. The summed E-state index contributed by atoms with van der Waals surface area (Å²) in [5.41, 5.74) is 2.94. The third-order valence-corrected chi connectivity index (χ3v) is 7.15. The Balaban J connectivity index is 2.00. The monoisotopic (exact) mass is 448 g/mol. The van der Waals surface area contributed by atoms with E-state index in [1.165, 1.54) is 8.87 Å². The highest BCUT2D eigenvalue weighted by molar-refractivity contribution is 9.10. The second-order valence-corrected chi connectivity index (χ2v) is 9.33. The minimum atomic E-state index is -3.81. The normalized spacial score (nSPS) is 14.4. The van der Waals surface area contributed by atoms with Crippen molar-refractivity contribution in [2.24, 2.45) is 0 Å². The Morgan fingerprint density at radius 3 is 2.52 bits per heavy atom.